The molecule has 0 saturated heterocycles. The Morgan fingerprint density at radius 2 is 2.22 bits per heavy atom. The molecule has 1 aromatic carbocycles. The average Bonchev–Trinajstić information content (AvgIpc) is 2.62. The van der Waals surface area contributed by atoms with E-state index in [1.54, 1.807) is 0 Å². The fourth-order valence-corrected chi connectivity index (χ4v) is 2.83. The third-order valence-electron chi connectivity index (χ3n) is 3.84. The highest BCUT2D eigenvalue weighted by atomic mass is 79.9. The molecule has 0 saturated carbocycles. The molecular formula is C17H15BrN4O5. The summed E-state index contributed by atoms with van der Waals surface area (Å²) in [6.07, 6.45) is 1.31. The smallest absolute Gasteiger partial charge is 0.271 e. The normalized spacial score (nSPS) is 10.9. The molecule has 2 aromatic rings. The Kier molecular flexibility index (Phi) is 6.44. The first-order chi connectivity index (χ1) is 12.8. The first-order valence-electron chi connectivity index (χ1n) is 7.65. The highest BCUT2D eigenvalue weighted by molar-refractivity contribution is 9.10. The SMILES string of the molecule is COCCn1c(O)c(C=Nc2ccc([N+](=O)[O-])cc2Br)c(C)c(C#N)c1=O. The van der Waals surface area contributed by atoms with Crippen LogP contribution in [-0.4, -0.2) is 34.5 Å². The molecular weight excluding hydrogens is 420 g/mol. The molecule has 1 N–H and O–H groups in total. The number of nitro benzene ring substituents is 1. The summed E-state index contributed by atoms with van der Waals surface area (Å²) in [6.45, 7) is 1.77. The number of methoxy groups -OCH3 is 1. The minimum atomic E-state index is -0.613. The molecule has 27 heavy (non-hydrogen) atoms. The summed E-state index contributed by atoms with van der Waals surface area (Å²) in [6, 6.07) is 5.89. The predicted octanol–water partition coefficient (Wildman–Crippen LogP) is 2.80. The largest absolute Gasteiger partial charge is 0.494 e. The van der Waals surface area contributed by atoms with Gasteiger partial charge in [0, 0.05) is 29.9 Å². The van der Waals surface area contributed by atoms with E-state index < -0.39 is 10.5 Å². The van der Waals surface area contributed by atoms with Crippen molar-refractivity contribution in [1.29, 1.82) is 5.26 Å². The van der Waals surface area contributed by atoms with Gasteiger partial charge in [0.2, 0.25) is 5.88 Å². The number of benzene rings is 1. The molecule has 2 rings (SSSR count). The molecule has 140 valence electrons. The lowest BCUT2D eigenvalue weighted by atomic mass is 10.1. The highest BCUT2D eigenvalue weighted by Gasteiger charge is 2.18. The number of hydrogen-bond donors (Lipinski definition) is 1. The van der Waals surface area contributed by atoms with Gasteiger partial charge in [0.05, 0.1) is 29.3 Å². The second-order valence-electron chi connectivity index (χ2n) is 5.45. The maximum Gasteiger partial charge on any atom is 0.271 e. The van der Waals surface area contributed by atoms with Crippen molar-refractivity contribution in [3.8, 4) is 11.9 Å². The van der Waals surface area contributed by atoms with Crippen LogP contribution in [0.4, 0.5) is 11.4 Å². The average molecular weight is 435 g/mol. The van der Waals surface area contributed by atoms with Gasteiger partial charge in [-0.05, 0) is 34.5 Å². The van der Waals surface area contributed by atoms with E-state index in [4.69, 9.17) is 4.74 Å². The van der Waals surface area contributed by atoms with Gasteiger partial charge in [0.25, 0.3) is 11.2 Å². The molecule has 9 nitrogen and oxygen atoms in total. The Labute approximate surface area is 162 Å². The molecule has 0 aliphatic heterocycles. The third kappa shape index (κ3) is 4.21. The maximum atomic E-state index is 12.3. The van der Waals surface area contributed by atoms with E-state index in [0.29, 0.717) is 10.2 Å². The molecule has 1 heterocycles. The Bertz CT molecular complexity index is 1020. The van der Waals surface area contributed by atoms with Gasteiger partial charge < -0.3 is 9.84 Å². The number of rotatable bonds is 6. The zero-order chi connectivity index (χ0) is 20.1. The quantitative estimate of drug-likeness (QED) is 0.422. The number of nitrogens with zero attached hydrogens (tertiary/aromatic N) is 4. The van der Waals surface area contributed by atoms with E-state index in [2.05, 4.69) is 20.9 Å². The molecule has 0 radical (unpaired) electrons. The zero-order valence-corrected chi connectivity index (χ0v) is 16.1. The Morgan fingerprint density at radius 3 is 2.78 bits per heavy atom. The number of pyridine rings is 1. The van der Waals surface area contributed by atoms with Crippen molar-refractivity contribution in [3.63, 3.8) is 0 Å². The van der Waals surface area contributed by atoms with Crippen LogP contribution >= 0.6 is 15.9 Å². The fraction of sp³-hybridized carbons (Fsp3) is 0.235. The number of halogens is 1. The lowest BCUT2D eigenvalue weighted by Gasteiger charge is -2.13. The summed E-state index contributed by atoms with van der Waals surface area (Å²) in [4.78, 5) is 26.8. The minimum Gasteiger partial charge on any atom is -0.494 e. The van der Waals surface area contributed by atoms with Crippen molar-refractivity contribution < 1.29 is 14.8 Å². The van der Waals surface area contributed by atoms with Crippen molar-refractivity contribution >= 4 is 33.5 Å². The van der Waals surface area contributed by atoms with Crippen LogP contribution in [0.1, 0.15) is 16.7 Å². The number of nitro groups is 1. The minimum absolute atomic E-state index is 0.0677. The number of hydrogen-bond acceptors (Lipinski definition) is 7. The number of aromatic hydroxyl groups is 1. The van der Waals surface area contributed by atoms with Gasteiger partial charge in [0.1, 0.15) is 11.6 Å². The number of aromatic nitrogens is 1. The molecule has 0 unspecified atom stereocenters. The van der Waals surface area contributed by atoms with Gasteiger partial charge in [-0.1, -0.05) is 0 Å². The standard InChI is InChI=1S/C17H15BrN4O5/c1-10-12(8-19)16(23)21(5-6-27-2)17(24)13(10)9-20-15-4-3-11(22(25)26)7-14(15)18/h3-4,7,9,24H,5-6H2,1-2H3. The van der Waals surface area contributed by atoms with E-state index in [9.17, 15) is 25.3 Å². The molecule has 0 amide bonds. The van der Waals surface area contributed by atoms with Crippen molar-refractivity contribution in [3.05, 3.63) is 59.8 Å². The summed E-state index contributed by atoms with van der Waals surface area (Å²) in [5, 5.41) is 30.6. The van der Waals surface area contributed by atoms with Crippen LogP contribution in [0.3, 0.4) is 0 Å². The number of aliphatic imine (C=N–C) groups is 1. The summed E-state index contributed by atoms with van der Waals surface area (Å²) in [5.41, 5.74) is 0.0570. The van der Waals surface area contributed by atoms with Crippen molar-refractivity contribution in [1.82, 2.24) is 4.57 Å². The molecule has 0 spiro atoms. The van der Waals surface area contributed by atoms with Gasteiger partial charge >= 0.3 is 0 Å². The van der Waals surface area contributed by atoms with Gasteiger partial charge in [-0.2, -0.15) is 5.26 Å². The van der Waals surface area contributed by atoms with E-state index >= 15 is 0 Å². The summed E-state index contributed by atoms with van der Waals surface area (Å²) < 4.78 is 6.36. The number of non-ortho nitro benzene ring substituents is 1. The molecule has 0 atom stereocenters. The molecule has 0 aliphatic rings. The number of nitriles is 1. The van der Waals surface area contributed by atoms with E-state index in [-0.39, 0.29) is 41.4 Å². The lowest BCUT2D eigenvalue weighted by Crippen LogP contribution is -2.26. The molecule has 0 fully saturated rings. The molecule has 10 heteroatoms. The Balaban J connectivity index is 2.55. The predicted molar refractivity (Wildman–Crippen MR) is 102 cm³/mol. The van der Waals surface area contributed by atoms with Gasteiger partial charge in [-0.25, -0.2) is 0 Å². The van der Waals surface area contributed by atoms with Crippen molar-refractivity contribution in [2.75, 3.05) is 13.7 Å². The van der Waals surface area contributed by atoms with Crippen LogP contribution < -0.4 is 5.56 Å². The van der Waals surface area contributed by atoms with Crippen molar-refractivity contribution in [2.24, 2.45) is 4.99 Å². The highest BCUT2D eigenvalue weighted by Crippen LogP contribution is 2.30. The van der Waals surface area contributed by atoms with E-state index in [1.807, 2.05) is 6.07 Å². The van der Waals surface area contributed by atoms with Crippen LogP contribution in [0.5, 0.6) is 5.88 Å². The molecule has 0 aliphatic carbocycles. The van der Waals surface area contributed by atoms with E-state index in [0.717, 1.165) is 4.57 Å². The Hall–Kier alpha value is -3.03. The van der Waals surface area contributed by atoms with E-state index in [1.165, 1.54) is 38.4 Å². The summed E-state index contributed by atoms with van der Waals surface area (Å²) >= 11 is 3.21. The van der Waals surface area contributed by atoms with Gasteiger partial charge in [0.15, 0.2) is 0 Å². The first-order valence-corrected chi connectivity index (χ1v) is 8.44. The first kappa shape index (κ1) is 20.3. The summed E-state index contributed by atoms with van der Waals surface area (Å²) in [7, 11) is 1.45. The number of ether oxygens (including phenoxy) is 1. The zero-order valence-electron chi connectivity index (χ0n) is 14.5. The van der Waals surface area contributed by atoms with Crippen LogP contribution in [0, 0.1) is 28.4 Å². The van der Waals surface area contributed by atoms with Crippen molar-refractivity contribution in [2.45, 2.75) is 13.5 Å². The fourth-order valence-electron chi connectivity index (χ4n) is 2.36. The summed E-state index contributed by atoms with van der Waals surface area (Å²) in [5.74, 6) is -0.338. The second kappa shape index (κ2) is 8.57. The monoisotopic (exact) mass is 434 g/mol. The van der Waals surface area contributed by atoms with Gasteiger partial charge in [-0.15, -0.1) is 0 Å². The topological polar surface area (TPSA) is 131 Å². The maximum absolute atomic E-state index is 12.3. The Morgan fingerprint density at radius 1 is 1.52 bits per heavy atom. The molecule has 0 bridgehead atoms. The van der Waals surface area contributed by atoms with Crippen LogP contribution in [0.15, 0.2) is 32.5 Å². The third-order valence-corrected chi connectivity index (χ3v) is 4.48. The van der Waals surface area contributed by atoms with Crippen LogP contribution in [0.2, 0.25) is 0 Å². The van der Waals surface area contributed by atoms with Crippen LogP contribution in [-0.2, 0) is 11.3 Å². The van der Waals surface area contributed by atoms with Gasteiger partial charge in [-0.3, -0.25) is 24.5 Å². The second-order valence-corrected chi connectivity index (χ2v) is 6.30. The lowest BCUT2D eigenvalue weighted by molar-refractivity contribution is -0.384. The van der Waals surface area contributed by atoms with Crippen LogP contribution in [0.25, 0.3) is 0 Å². The molecule has 1 aromatic heterocycles.